The van der Waals surface area contributed by atoms with E-state index in [4.69, 9.17) is 4.74 Å². The van der Waals surface area contributed by atoms with Gasteiger partial charge in [-0.1, -0.05) is 38.0 Å². The summed E-state index contributed by atoms with van der Waals surface area (Å²) < 4.78 is 5.10. The number of aliphatic hydroxyl groups is 1. The van der Waals surface area contributed by atoms with Gasteiger partial charge in [0, 0.05) is 0 Å². The van der Waals surface area contributed by atoms with Crippen molar-refractivity contribution in [2.45, 2.75) is 59.0 Å². The van der Waals surface area contributed by atoms with E-state index in [0.29, 0.717) is 23.7 Å². The molecule has 0 aromatic carbocycles. The molecule has 0 heterocycles. The second-order valence-corrected chi connectivity index (χ2v) is 8.21. The number of esters is 1. The van der Waals surface area contributed by atoms with Gasteiger partial charge in [-0.3, -0.25) is 4.79 Å². The van der Waals surface area contributed by atoms with Gasteiger partial charge >= 0.3 is 5.97 Å². The summed E-state index contributed by atoms with van der Waals surface area (Å²) in [5, 5.41) is 10.6. The van der Waals surface area contributed by atoms with Crippen LogP contribution in [0.2, 0.25) is 0 Å². The molecule has 2 fully saturated rings. The van der Waals surface area contributed by atoms with Gasteiger partial charge in [0.1, 0.15) is 0 Å². The summed E-state index contributed by atoms with van der Waals surface area (Å²) in [7, 11) is 1.49. The van der Waals surface area contributed by atoms with E-state index in [0.717, 1.165) is 32.1 Å². The van der Waals surface area contributed by atoms with Crippen LogP contribution in [0, 0.1) is 29.1 Å². The minimum atomic E-state index is -0.487. The van der Waals surface area contributed by atoms with Crippen molar-refractivity contribution in [2.24, 2.45) is 29.1 Å². The molecule has 3 heteroatoms. The first kappa shape index (κ1) is 16.8. The van der Waals surface area contributed by atoms with Crippen molar-refractivity contribution in [1.82, 2.24) is 0 Å². The predicted molar refractivity (Wildman–Crippen MR) is 90.7 cm³/mol. The third-order valence-electron chi connectivity index (χ3n) is 6.62. The number of hydrogen-bond acceptors (Lipinski definition) is 3. The molecule has 3 nitrogen and oxygen atoms in total. The molecule has 3 aliphatic rings. The third kappa shape index (κ3) is 2.67. The van der Waals surface area contributed by atoms with Gasteiger partial charge in [-0.15, -0.1) is 0 Å². The maximum Gasteiger partial charge on any atom is 0.315 e. The van der Waals surface area contributed by atoms with Crippen molar-refractivity contribution in [2.75, 3.05) is 7.11 Å². The van der Waals surface area contributed by atoms with E-state index < -0.39 is 5.41 Å². The van der Waals surface area contributed by atoms with Gasteiger partial charge in [-0.05, 0) is 61.9 Å². The van der Waals surface area contributed by atoms with Crippen LogP contribution in [0.1, 0.15) is 52.9 Å². The normalized spacial score (nSPS) is 39.9. The Labute approximate surface area is 139 Å². The Kier molecular flexibility index (Phi) is 4.43. The van der Waals surface area contributed by atoms with Crippen molar-refractivity contribution in [3.8, 4) is 0 Å². The number of aliphatic hydroxyl groups excluding tert-OH is 1. The zero-order chi connectivity index (χ0) is 16.8. The Morgan fingerprint density at radius 2 is 2.09 bits per heavy atom. The summed E-state index contributed by atoms with van der Waals surface area (Å²) in [5.74, 6) is 1.56. The van der Waals surface area contributed by atoms with Gasteiger partial charge in [0.05, 0.1) is 18.6 Å². The number of allylic oxidation sites excluding steroid dienone is 3. The number of ether oxygens (including phenoxy) is 1. The zero-order valence-electron chi connectivity index (χ0n) is 14.8. The van der Waals surface area contributed by atoms with E-state index in [1.165, 1.54) is 18.3 Å². The lowest BCUT2D eigenvalue weighted by Crippen LogP contribution is -2.44. The monoisotopic (exact) mass is 318 g/mol. The Balaban J connectivity index is 1.94. The maximum absolute atomic E-state index is 12.4. The molecule has 23 heavy (non-hydrogen) atoms. The Hall–Kier alpha value is -1.09. The first-order chi connectivity index (χ1) is 10.9. The van der Waals surface area contributed by atoms with E-state index in [2.05, 4.69) is 26.0 Å². The van der Waals surface area contributed by atoms with Crippen LogP contribution in [-0.2, 0) is 9.53 Å². The maximum atomic E-state index is 12.4. The third-order valence-corrected chi connectivity index (χ3v) is 6.62. The van der Waals surface area contributed by atoms with Crippen LogP contribution in [0.5, 0.6) is 0 Å². The van der Waals surface area contributed by atoms with E-state index in [-0.39, 0.29) is 12.1 Å². The summed E-state index contributed by atoms with van der Waals surface area (Å²) >= 11 is 0. The first-order valence-electron chi connectivity index (χ1n) is 9.06. The molecule has 0 aliphatic heterocycles. The smallest absolute Gasteiger partial charge is 0.315 e. The molecule has 5 atom stereocenters. The summed E-state index contributed by atoms with van der Waals surface area (Å²) in [4.78, 5) is 12.4. The standard InChI is InChI=1S/C20H30O3/c1-12(2)15-10-13-7-8-17-14(16(13)11-18(15)21)6-5-9-20(17,3)19(22)23-4/h7-8,12,14-16,18,21H,5-6,9-11H2,1-4H3/t14-,15+,16-,18+,20+/m1/s1. The van der Waals surface area contributed by atoms with E-state index in [9.17, 15) is 9.90 Å². The predicted octanol–water partition coefficient (Wildman–Crippen LogP) is 3.88. The highest BCUT2D eigenvalue weighted by atomic mass is 16.5. The average Bonchev–Trinajstić information content (AvgIpc) is 2.53. The quantitative estimate of drug-likeness (QED) is 0.786. The van der Waals surface area contributed by atoms with Crippen LogP contribution < -0.4 is 0 Å². The van der Waals surface area contributed by atoms with Crippen molar-refractivity contribution in [3.63, 3.8) is 0 Å². The van der Waals surface area contributed by atoms with Crippen LogP contribution in [0.4, 0.5) is 0 Å². The lowest BCUT2D eigenvalue weighted by Gasteiger charge is -2.48. The SMILES string of the molecule is COC(=O)[C@@]1(C)CCC[C@H]2C1=CC=C1C[C@@H](C(C)C)[C@@H](O)C[C@H]12. The Morgan fingerprint density at radius 3 is 2.74 bits per heavy atom. The van der Waals surface area contributed by atoms with Crippen LogP contribution in [-0.4, -0.2) is 24.3 Å². The highest BCUT2D eigenvalue weighted by molar-refractivity contribution is 5.80. The molecule has 0 aromatic rings. The zero-order valence-corrected chi connectivity index (χ0v) is 14.8. The van der Waals surface area contributed by atoms with Crippen molar-refractivity contribution in [1.29, 1.82) is 0 Å². The second kappa shape index (κ2) is 6.08. The molecule has 0 radical (unpaired) electrons. The molecule has 3 rings (SSSR count). The minimum absolute atomic E-state index is 0.110. The number of fused-ring (bicyclic) bond motifs is 3. The fourth-order valence-corrected chi connectivity index (χ4v) is 5.19. The summed E-state index contributed by atoms with van der Waals surface area (Å²) in [6.07, 6.45) is 9.11. The molecule has 0 saturated heterocycles. The molecule has 0 bridgehead atoms. The topological polar surface area (TPSA) is 46.5 Å². The van der Waals surface area contributed by atoms with Gasteiger partial charge in [0.15, 0.2) is 0 Å². The first-order valence-corrected chi connectivity index (χ1v) is 9.06. The van der Waals surface area contributed by atoms with E-state index in [1.54, 1.807) is 0 Å². The lowest BCUT2D eigenvalue weighted by atomic mass is 9.56. The van der Waals surface area contributed by atoms with Crippen LogP contribution >= 0.6 is 0 Å². The van der Waals surface area contributed by atoms with Crippen molar-refractivity contribution >= 4 is 5.97 Å². The summed E-state index contributed by atoms with van der Waals surface area (Å²) in [5.41, 5.74) is 2.23. The van der Waals surface area contributed by atoms with Crippen molar-refractivity contribution < 1.29 is 14.6 Å². The van der Waals surface area contributed by atoms with Gasteiger partial charge < -0.3 is 9.84 Å². The summed E-state index contributed by atoms with van der Waals surface area (Å²) in [6, 6.07) is 0. The molecule has 0 amide bonds. The van der Waals surface area contributed by atoms with Crippen molar-refractivity contribution in [3.05, 3.63) is 23.3 Å². The van der Waals surface area contributed by atoms with Gasteiger partial charge in [0.25, 0.3) is 0 Å². The molecule has 3 aliphatic carbocycles. The second-order valence-electron chi connectivity index (χ2n) is 8.21. The molecule has 0 aromatic heterocycles. The van der Waals surface area contributed by atoms with Gasteiger partial charge in [-0.2, -0.15) is 0 Å². The van der Waals surface area contributed by atoms with Crippen LogP contribution in [0.25, 0.3) is 0 Å². The number of methoxy groups -OCH3 is 1. The van der Waals surface area contributed by atoms with Gasteiger partial charge in [-0.25, -0.2) is 0 Å². The molecular formula is C20H30O3. The fraction of sp³-hybridized carbons (Fsp3) is 0.750. The molecular weight excluding hydrogens is 288 g/mol. The number of rotatable bonds is 2. The largest absolute Gasteiger partial charge is 0.468 e. The number of carbonyl (C=O) groups is 1. The molecule has 128 valence electrons. The number of hydrogen-bond donors (Lipinski definition) is 1. The highest BCUT2D eigenvalue weighted by Gasteiger charge is 2.49. The molecule has 1 N–H and O–H groups in total. The van der Waals surface area contributed by atoms with Crippen LogP contribution in [0.15, 0.2) is 23.3 Å². The summed E-state index contributed by atoms with van der Waals surface area (Å²) in [6.45, 7) is 6.44. The molecule has 0 unspecified atom stereocenters. The highest BCUT2D eigenvalue weighted by Crippen LogP contribution is 2.54. The minimum Gasteiger partial charge on any atom is -0.468 e. The molecule has 0 spiro atoms. The Morgan fingerprint density at radius 1 is 1.35 bits per heavy atom. The van der Waals surface area contributed by atoms with E-state index >= 15 is 0 Å². The van der Waals surface area contributed by atoms with E-state index in [1.807, 2.05) is 6.92 Å². The Bertz CT molecular complexity index is 545. The average molecular weight is 318 g/mol. The lowest BCUT2D eigenvalue weighted by molar-refractivity contribution is -0.151. The number of carbonyl (C=O) groups excluding carboxylic acids is 1. The fourth-order valence-electron chi connectivity index (χ4n) is 5.19. The van der Waals surface area contributed by atoms with Crippen LogP contribution in [0.3, 0.4) is 0 Å². The molecule has 2 saturated carbocycles. The van der Waals surface area contributed by atoms with Gasteiger partial charge in [0.2, 0.25) is 0 Å².